The molecule has 0 radical (unpaired) electrons. The molecule has 0 atom stereocenters. The molecule has 2 rings (SSSR count). The number of hydrogen-bond donors (Lipinski definition) is 1. The normalized spacial score (nSPS) is 14.1. The van der Waals surface area contributed by atoms with Gasteiger partial charge in [0.1, 0.15) is 5.75 Å². The summed E-state index contributed by atoms with van der Waals surface area (Å²) in [5.41, 5.74) is 0.904. The summed E-state index contributed by atoms with van der Waals surface area (Å²) < 4.78 is 28.2. The van der Waals surface area contributed by atoms with Crippen molar-refractivity contribution >= 4 is 5.91 Å². The van der Waals surface area contributed by atoms with E-state index in [-0.39, 0.29) is 17.2 Å². The standard InChI is InChI=1S/C9H7F2NO2/c10-9(11)14-6-3-1-2-5-4-12-8(13)7(5)6/h1-3,9H,4H2,(H,12,13). The molecule has 0 aliphatic carbocycles. The SMILES string of the molecule is O=C1NCc2cccc(OC(F)F)c21. The average molecular weight is 199 g/mol. The zero-order valence-corrected chi connectivity index (χ0v) is 7.09. The van der Waals surface area contributed by atoms with Gasteiger partial charge in [-0.15, -0.1) is 0 Å². The third kappa shape index (κ3) is 1.41. The number of nitrogens with one attached hydrogen (secondary N) is 1. The van der Waals surface area contributed by atoms with Crippen molar-refractivity contribution in [3.63, 3.8) is 0 Å². The molecular weight excluding hydrogens is 192 g/mol. The molecular formula is C9H7F2NO2. The number of alkyl halides is 2. The number of fused-ring (bicyclic) bond motifs is 1. The Kier molecular flexibility index (Phi) is 2.07. The van der Waals surface area contributed by atoms with E-state index >= 15 is 0 Å². The Labute approximate surface area is 78.7 Å². The first kappa shape index (κ1) is 8.93. The predicted octanol–water partition coefficient (Wildman–Crippen LogP) is 1.53. The van der Waals surface area contributed by atoms with Gasteiger partial charge in [0.25, 0.3) is 5.91 Å². The summed E-state index contributed by atoms with van der Waals surface area (Å²) in [6.07, 6.45) is 0. The number of hydrogen-bond acceptors (Lipinski definition) is 2. The number of halogens is 2. The van der Waals surface area contributed by atoms with Crippen LogP contribution in [0.2, 0.25) is 0 Å². The molecule has 3 nitrogen and oxygen atoms in total. The Hall–Kier alpha value is -1.65. The molecule has 1 aromatic carbocycles. The Morgan fingerprint density at radius 3 is 2.93 bits per heavy atom. The van der Waals surface area contributed by atoms with Crippen LogP contribution in [-0.2, 0) is 6.54 Å². The van der Waals surface area contributed by atoms with E-state index in [9.17, 15) is 13.6 Å². The third-order valence-corrected chi connectivity index (χ3v) is 2.00. The largest absolute Gasteiger partial charge is 0.434 e. The van der Waals surface area contributed by atoms with Crippen molar-refractivity contribution in [1.82, 2.24) is 5.32 Å². The van der Waals surface area contributed by atoms with Crippen LogP contribution < -0.4 is 10.1 Å². The quantitative estimate of drug-likeness (QED) is 0.784. The number of amides is 1. The van der Waals surface area contributed by atoms with Gasteiger partial charge in [-0.3, -0.25) is 4.79 Å². The first-order valence-electron chi connectivity index (χ1n) is 4.03. The fourth-order valence-corrected chi connectivity index (χ4v) is 1.44. The van der Waals surface area contributed by atoms with Crippen molar-refractivity contribution in [2.45, 2.75) is 13.2 Å². The van der Waals surface area contributed by atoms with E-state index in [0.29, 0.717) is 12.1 Å². The molecule has 0 spiro atoms. The zero-order chi connectivity index (χ0) is 10.1. The van der Waals surface area contributed by atoms with E-state index < -0.39 is 6.61 Å². The third-order valence-electron chi connectivity index (χ3n) is 2.00. The zero-order valence-electron chi connectivity index (χ0n) is 7.09. The lowest BCUT2D eigenvalue weighted by atomic mass is 10.1. The molecule has 5 heteroatoms. The maximum atomic E-state index is 12.0. The van der Waals surface area contributed by atoms with Gasteiger partial charge in [0.15, 0.2) is 0 Å². The van der Waals surface area contributed by atoms with Gasteiger partial charge in [-0.1, -0.05) is 12.1 Å². The molecule has 1 amide bonds. The second-order valence-corrected chi connectivity index (χ2v) is 2.85. The fourth-order valence-electron chi connectivity index (χ4n) is 1.44. The maximum Gasteiger partial charge on any atom is 0.387 e. The minimum atomic E-state index is -2.91. The highest BCUT2D eigenvalue weighted by atomic mass is 19.3. The van der Waals surface area contributed by atoms with E-state index in [1.807, 2.05) is 0 Å². The van der Waals surface area contributed by atoms with E-state index in [1.165, 1.54) is 6.07 Å². The van der Waals surface area contributed by atoms with Gasteiger partial charge in [0.05, 0.1) is 5.56 Å². The van der Waals surface area contributed by atoms with Crippen molar-refractivity contribution in [2.75, 3.05) is 0 Å². The molecule has 0 bridgehead atoms. The highest BCUT2D eigenvalue weighted by Gasteiger charge is 2.24. The molecule has 74 valence electrons. The van der Waals surface area contributed by atoms with Crippen molar-refractivity contribution < 1.29 is 18.3 Å². The van der Waals surface area contributed by atoms with Gasteiger partial charge in [0.2, 0.25) is 0 Å². The molecule has 14 heavy (non-hydrogen) atoms. The van der Waals surface area contributed by atoms with Crippen molar-refractivity contribution in [3.05, 3.63) is 29.3 Å². The fraction of sp³-hybridized carbons (Fsp3) is 0.222. The summed E-state index contributed by atoms with van der Waals surface area (Å²) in [6.45, 7) is -2.54. The monoisotopic (exact) mass is 199 g/mol. The first-order chi connectivity index (χ1) is 6.68. The van der Waals surface area contributed by atoms with Gasteiger partial charge < -0.3 is 10.1 Å². The van der Waals surface area contributed by atoms with Gasteiger partial charge >= 0.3 is 6.61 Å². The van der Waals surface area contributed by atoms with Crippen LogP contribution in [0.15, 0.2) is 18.2 Å². The van der Waals surface area contributed by atoms with Crippen LogP contribution >= 0.6 is 0 Å². The van der Waals surface area contributed by atoms with E-state index in [1.54, 1.807) is 12.1 Å². The average Bonchev–Trinajstić information content (AvgIpc) is 2.48. The molecule has 0 aromatic heterocycles. The smallest absolute Gasteiger partial charge is 0.387 e. The predicted molar refractivity (Wildman–Crippen MR) is 44.2 cm³/mol. The van der Waals surface area contributed by atoms with Gasteiger partial charge in [-0.2, -0.15) is 8.78 Å². The van der Waals surface area contributed by atoms with E-state index in [2.05, 4.69) is 10.1 Å². The molecule has 1 aromatic rings. The number of carbonyl (C=O) groups is 1. The maximum absolute atomic E-state index is 12.0. The molecule has 0 fully saturated rings. The van der Waals surface area contributed by atoms with Crippen molar-refractivity contribution in [3.8, 4) is 5.75 Å². The minimum Gasteiger partial charge on any atom is -0.434 e. The lowest BCUT2D eigenvalue weighted by molar-refractivity contribution is -0.0501. The Balaban J connectivity index is 2.41. The van der Waals surface area contributed by atoms with Crippen molar-refractivity contribution in [2.24, 2.45) is 0 Å². The van der Waals surface area contributed by atoms with Crippen LogP contribution in [0.5, 0.6) is 5.75 Å². The van der Waals surface area contributed by atoms with Crippen LogP contribution in [0.1, 0.15) is 15.9 Å². The van der Waals surface area contributed by atoms with Crippen LogP contribution in [0.3, 0.4) is 0 Å². The van der Waals surface area contributed by atoms with E-state index in [4.69, 9.17) is 0 Å². The first-order valence-corrected chi connectivity index (χ1v) is 4.03. The summed E-state index contributed by atoms with van der Waals surface area (Å²) >= 11 is 0. The summed E-state index contributed by atoms with van der Waals surface area (Å²) in [5, 5.41) is 2.53. The van der Waals surface area contributed by atoms with Crippen LogP contribution in [0, 0.1) is 0 Å². The van der Waals surface area contributed by atoms with Crippen LogP contribution in [-0.4, -0.2) is 12.5 Å². The second kappa shape index (κ2) is 3.25. The van der Waals surface area contributed by atoms with Crippen LogP contribution in [0.4, 0.5) is 8.78 Å². The second-order valence-electron chi connectivity index (χ2n) is 2.85. The molecule has 1 N–H and O–H groups in total. The van der Waals surface area contributed by atoms with E-state index in [0.717, 1.165) is 0 Å². The summed E-state index contributed by atoms with van der Waals surface area (Å²) in [5.74, 6) is -0.427. The molecule has 1 heterocycles. The number of carbonyl (C=O) groups excluding carboxylic acids is 1. The van der Waals surface area contributed by atoms with Crippen LogP contribution in [0.25, 0.3) is 0 Å². The number of benzene rings is 1. The highest BCUT2D eigenvalue weighted by molar-refractivity contribution is 6.00. The van der Waals surface area contributed by atoms with Gasteiger partial charge in [-0.05, 0) is 11.6 Å². The molecule has 0 saturated heterocycles. The number of rotatable bonds is 2. The lowest BCUT2D eigenvalue weighted by Crippen LogP contribution is -2.14. The Bertz CT molecular complexity index is 379. The molecule has 0 unspecified atom stereocenters. The molecule has 0 saturated carbocycles. The number of ether oxygens (including phenoxy) is 1. The summed E-state index contributed by atoms with van der Waals surface area (Å²) in [7, 11) is 0. The summed E-state index contributed by atoms with van der Waals surface area (Å²) in [4.78, 5) is 11.2. The van der Waals surface area contributed by atoms with Crippen molar-refractivity contribution in [1.29, 1.82) is 0 Å². The summed E-state index contributed by atoms with van der Waals surface area (Å²) in [6, 6.07) is 4.64. The molecule has 1 aliphatic heterocycles. The van der Waals surface area contributed by atoms with Gasteiger partial charge in [-0.25, -0.2) is 0 Å². The lowest BCUT2D eigenvalue weighted by Gasteiger charge is -2.07. The minimum absolute atomic E-state index is 0.0625. The Morgan fingerprint density at radius 2 is 2.21 bits per heavy atom. The molecule has 1 aliphatic rings. The topological polar surface area (TPSA) is 38.3 Å². The van der Waals surface area contributed by atoms with Gasteiger partial charge in [0, 0.05) is 6.54 Å². The Morgan fingerprint density at radius 1 is 1.43 bits per heavy atom. The highest BCUT2D eigenvalue weighted by Crippen LogP contribution is 2.27.